The fraction of sp³-hybridized carbons (Fsp3) is 0.500. The first-order valence-corrected chi connectivity index (χ1v) is 15.8. The lowest BCUT2D eigenvalue weighted by Crippen LogP contribution is -2.58. The van der Waals surface area contributed by atoms with Gasteiger partial charge in [-0.25, -0.2) is 4.68 Å². The average Bonchev–Trinajstić information content (AvgIpc) is 3.24. The summed E-state index contributed by atoms with van der Waals surface area (Å²) in [7, 11) is 0. The molecule has 2 aromatic carbocycles. The summed E-state index contributed by atoms with van der Waals surface area (Å²) in [5.74, 6) is 2.73. The number of aromatic nitrogens is 2. The number of nitrogens with one attached hydrogen (secondary N) is 2. The van der Waals surface area contributed by atoms with Crippen LogP contribution in [0, 0.1) is 24.7 Å². The molecule has 2 N–H and O–H groups in total. The zero-order valence-corrected chi connectivity index (χ0v) is 25.3. The van der Waals surface area contributed by atoms with Crippen molar-refractivity contribution in [2.24, 2.45) is 17.8 Å². The largest absolute Gasteiger partial charge is 0.351 e. The molecule has 0 spiro atoms. The Morgan fingerprint density at radius 3 is 2.17 bits per heavy atom. The Bertz CT molecular complexity index is 1350. The second kappa shape index (κ2) is 11.7. The van der Waals surface area contributed by atoms with Crippen LogP contribution in [0.25, 0.3) is 16.9 Å². The summed E-state index contributed by atoms with van der Waals surface area (Å²) in [4.78, 5) is 13.3. The van der Waals surface area contributed by atoms with Gasteiger partial charge in [0.05, 0.1) is 16.4 Å². The molecule has 0 atom stereocenters. The molecule has 4 bridgehead atoms. The summed E-state index contributed by atoms with van der Waals surface area (Å²) in [5, 5.41) is 13.4. The predicted octanol–water partition coefficient (Wildman–Crippen LogP) is 8.27. The van der Waals surface area contributed by atoms with Crippen LogP contribution in [0.5, 0.6) is 0 Å². The molecular weight excluding hydrogens is 563 g/mol. The van der Waals surface area contributed by atoms with E-state index in [0.717, 1.165) is 60.4 Å². The molecule has 0 unspecified atom stereocenters. The molecule has 8 heteroatoms. The normalized spacial score (nSPS) is 24.9. The number of amides is 1. The van der Waals surface area contributed by atoms with Gasteiger partial charge in [0.2, 0.25) is 0 Å². The van der Waals surface area contributed by atoms with Gasteiger partial charge in [0.1, 0.15) is 0 Å². The van der Waals surface area contributed by atoms with Gasteiger partial charge in [0, 0.05) is 33.3 Å². The molecule has 4 saturated carbocycles. The van der Waals surface area contributed by atoms with E-state index in [1.54, 1.807) is 16.8 Å². The van der Waals surface area contributed by atoms with Crippen molar-refractivity contribution in [2.75, 3.05) is 13.1 Å². The van der Waals surface area contributed by atoms with Crippen LogP contribution in [-0.4, -0.2) is 34.3 Å². The third-order valence-electron chi connectivity index (χ3n) is 9.27. The first-order valence-electron chi connectivity index (χ1n) is 14.6. The highest BCUT2D eigenvalue weighted by molar-refractivity contribution is 6.35. The second-order valence-electron chi connectivity index (χ2n) is 12.3. The Morgan fingerprint density at radius 2 is 1.52 bits per heavy atom. The maximum Gasteiger partial charge on any atom is 0.272 e. The number of carbonyl (C=O) groups excluding carboxylic acids is 1. The van der Waals surface area contributed by atoms with Crippen LogP contribution in [0.15, 0.2) is 42.5 Å². The molecule has 1 amide bonds. The Hall–Kier alpha value is -2.05. The van der Waals surface area contributed by atoms with Crippen LogP contribution in [-0.2, 0) is 0 Å². The van der Waals surface area contributed by atoms with Crippen molar-refractivity contribution in [3.05, 3.63) is 68.8 Å². The lowest BCUT2D eigenvalue weighted by molar-refractivity contribution is -0.0196. The highest BCUT2D eigenvalue weighted by Crippen LogP contribution is 2.55. The van der Waals surface area contributed by atoms with Gasteiger partial charge in [0.15, 0.2) is 5.69 Å². The molecule has 4 aliphatic rings. The lowest BCUT2D eigenvalue weighted by atomic mass is 9.53. The smallest absolute Gasteiger partial charge is 0.272 e. The standard InChI is InChI=1S/C32H37Cl3N4O/c1-20-29(38-39(28-10-9-26(34)16-27(28)35)30(20)24-5-7-25(33)8-6-24)31(40)36-11-3-2-4-12-37-32-17-21-13-22(18-32)15-23(14-21)19-32/h5-10,16,21-23,37H,2-4,11-15,17-19H2,1H3,(H,36,40). The molecule has 40 heavy (non-hydrogen) atoms. The van der Waals surface area contributed by atoms with Gasteiger partial charge in [-0.05, 0) is 113 Å². The van der Waals surface area contributed by atoms with E-state index in [-0.39, 0.29) is 5.91 Å². The van der Waals surface area contributed by atoms with E-state index < -0.39 is 0 Å². The molecule has 1 aromatic heterocycles. The number of nitrogens with zero attached hydrogens (tertiary/aromatic N) is 2. The van der Waals surface area contributed by atoms with Gasteiger partial charge in [-0.1, -0.05) is 53.4 Å². The fourth-order valence-electron chi connectivity index (χ4n) is 7.88. The van der Waals surface area contributed by atoms with Crippen LogP contribution in [0.3, 0.4) is 0 Å². The zero-order valence-electron chi connectivity index (χ0n) is 23.0. The van der Waals surface area contributed by atoms with Gasteiger partial charge < -0.3 is 10.6 Å². The summed E-state index contributed by atoms with van der Waals surface area (Å²) < 4.78 is 1.72. The van der Waals surface area contributed by atoms with E-state index in [0.29, 0.717) is 38.5 Å². The fourth-order valence-corrected chi connectivity index (χ4v) is 8.49. The highest BCUT2D eigenvalue weighted by Gasteiger charge is 2.50. The summed E-state index contributed by atoms with van der Waals surface area (Å²) in [6, 6.07) is 12.8. The molecule has 4 fully saturated rings. The van der Waals surface area contributed by atoms with Crippen LogP contribution >= 0.6 is 34.8 Å². The molecule has 5 nitrogen and oxygen atoms in total. The molecule has 3 aromatic rings. The number of rotatable bonds is 10. The maximum atomic E-state index is 13.3. The van der Waals surface area contributed by atoms with Crippen molar-refractivity contribution < 1.29 is 4.79 Å². The first kappa shape index (κ1) is 28.1. The molecule has 0 saturated heterocycles. The molecule has 4 aliphatic carbocycles. The Balaban J connectivity index is 1.06. The molecule has 0 radical (unpaired) electrons. The average molecular weight is 600 g/mol. The summed E-state index contributed by atoms with van der Waals surface area (Å²) in [6.07, 6.45) is 11.8. The molecule has 1 heterocycles. The number of unbranched alkanes of at least 4 members (excludes halogenated alkanes) is 2. The molecule has 212 valence electrons. The summed E-state index contributed by atoms with van der Waals surface area (Å²) >= 11 is 18.8. The predicted molar refractivity (Wildman–Crippen MR) is 164 cm³/mol. The monoisotopic (exact) mass is 598 g/mol. The second-order valence-corrected chi connectivity index (χ2v) is 13.6. The third kappa shape index (κ3) is 5.81. The van der Waals surface area contributed by atoms with Crippen LogP contribution in [0.1, 0.15) is 73.8 Å². The van der Waals surface area contributed by atoms with E-state index in [1.165, 1.54) is 38.5 Å². The number of hydrogen-bond acceptors (Lipinski definition) is 3. The van der Waals surface area contributed by atoms with Crippen molar-refractivity contribution >= 4 is 40.7 Å². The van der Waals surface area contributed by atoms with Gasteiger partial charge in [0.25, 0.3) is 5.91 Å². The van der Waals surface area contributed by atoms with E-state index in [4.69, 9.17) is 39.9 Å². The minimum Gasteiger partial charge on any atom is -0.351 e. The van der Waals surface area contributed by atoms with Gasteiger partial charge >= 0.3 is 0 Å². The van der Waals surface area contributed by atoms with Crippen molar-refractivity contribution in [2.45, 2.75) is 70.3 Å². The van der Waals surface area contributed by atoms with E-state index in [2.05, 4.69) is 10.6 Å². The number of carbonyl (C=O) groups is 1. The third-order valence-corrected chi connectivity index (χ3v) is 10.1. The van der Waals surface area contributed by atoms with Gasteiger partial charge in [-0.3, -0.25) is 4.79 Å². The van der Waals surface area contributed by atoms with Crippen molar-refractivity contribution in [3.8, 4) is 16.9 Å². The quantitative estimate of drug-likeness (QED) is 0.231. The molecule has 0 aliphatic heterocycles. The number of benzene rings is 2. The van der Waals surface area contributed by atoms with Crippen molar-refractivity contribution in [3.63, 3.8) is 0 Å². The van der Waals surface area contributed by atoms with Gasteiger partial charge in [-0.2, -0.15) is 5.10 Å². The number of hydrogen-bond donors (Lipinski definition) is 2. The Morgan fingerprint density at radius 1 is 0.900 bits per heavy atom. The highest BCUT2D eigenvalue weighted by atomic mass is 35.5. The van der Waals surface area contributed by atoms with Crippen LogP contribution in [0.4, 0.5) is 0 Å². The summed E-state index contributed by atoms with van der Waals surface area (Å²) in [5.41, 5.74) is 3.94. The SMILES string of the molecule is Cc1c(C(=O)NCCCCCNC23CC4CC(CC(C4)C2)C3)nn(-c2ccc(Cl)cc2Cl)c1-c1ccc(Cl)cc1. The van der Waals surface area contributed by atoms with Crippen LogP contribution < -0.4 is 10.6 Å². The number of halogens is 3. The van der Waals surface area contributed by atoms with Crippen molar-refractivity contribution in [1.82, 2.24) is 20.4 Å². The first-order chi connectivity index (χ1) is 19.3. The Kier molecular flexibility index (Phi) is 8.20. The molecule has 7 rings (SSSR count). The minimum atomic E-state index is -0.178. The van der Waals surface area contributed by atoms with Crippen LogP contribution in [0.2, 0.25) is 15.1 Å². The topological polar surface area (TPSA) is 59.0 Å². The van der Waals surface area contributed by atoms with Gasteiger partial charge in [-0.15, -0.1) is 0 Å². The minimum absolute atomic E-state index is 0.178. The van der Waals surface area contributed by atoms with Crippen molar-refractivity contribution in [1.29, 1.82) is 0 Å². The summed E-state index contributed by atoms with van der Waals surface area (Å²) in [6.45, 7) is 3.62. The van der Waals surface area contributed by atoms with E-state index >= 15 is 0 Å². The maximum absolute atomic E-state index is 13.3. The lowest BCUT2D eigenvalue weighted by Gasteiger charge is -2.57. The van der Waals surface area contributed by atoms with E-state index in [1.807, 2.05) is 37.3 Å². The zero-order chi connectivity index (χ0) is 27.9. The molecular formula is C32H37Cl3N4O. The Labute approximate surface area is 252 Å². The van der Waals surface area contributed by atoms with E-state index in [9.17, 15) is 4.79 Å².